The SMILES string of the molecule is CCCCCCC(=O)NCc1cccc(B(O)O)c1. The summed E-state index contributed by atoms with van der Waals surface area (Å²) in [5, 5.41) is 21.0. The van der Waals surface area contributed by atoms with E-state index >= 15 is 0 Å². The van der Waals surface area contributed by atoms with E-state index in [-0.39, 0.29) is 5.91 Å². The largest absolute Gasteiger partial charge is 0.488 e. The monoisotopic (exact) mass is 263 g/mol. The summed E-state index contributed by atoms with van der Waals surface area (Å²) in [4.78, 5) is 11.6. The van der Waals surface area contributed by atoms with Gasteiger partial charge >= 0.3 is 7.12 Å². The van der Waals surface area contributed by atoms with Crippen LogP contribution in [0.4, 0.5) is 0 Å². The second-order valence-electron chi connectivity index (χ2n) is 4.71. The van der Waals surface area contributed by atoms with Gasteiger partial charge in [0.05, 0.1) is 0 Å². The fraction of sp³-hybridized carbons (Fsp3) is 0.500. The summed E-state index contributed by atoms with van der Waals surface area (Å²) >= 11 is 0. The molecule has 1 amide bonds. The summed E-state index contributed by atoms with van der Waals surface area (Å²) in [7, 11) is -1.47. The van der Waals surface area contributed by atoms with Gasteiger partial charge in [-0.2, -0.15) is 0 Å². The number of carbonyl (C=O) groups excluding carboxylic acids is 1. The number of unbranched alkanes of at least 4 members (excludes halogenated alkanes) is 3. The van der Waals surface area contributed by atoms with Crippen molar-refractivity contribution in [3.05, 3.63) is 29.8 Å². The molecule has 0 heterocycles. The molecule has 0 saturated carbocycles. The Hall–Kier alpha value is -1.33. The third-order valence-corrected chi connectivity index (χ3v) is 3.00. The molecule has 0 unspecified atom stereocenters. The maximum atomic E-state index is 11.6. The number of hydrogen-bond acceptors (Lipinski definition) is 3. The topological polar surface area (TPSA) is 69.6 Å². The standard InChI is InChI=1S/C14H22BNO3/c1-2-3-4-5-9-14(17)16-11-12-7-6-8-13(10-12)15(18)19/h6-8,10,18-19H,2-5,9,11H2,1H3,(H,16,17). The molecular weight excluding hydrogens is 241 g/mol. The summed E-state index contributed by atoms with van der Waals surface area (Å²) in [6.45, 7) is 2.57. The van der Waals surface area contributed by atoms with Gasteiger partial charge in [-0.3, -0.25) is 4.79 Å². The molecule has 0 aliphatic rings. The summed E-state index contributed by atoms with van der Waals surface area (Å²) < 4.78 is 0. The Kier molecular flexibility index (Phi) is 7.22. The van der Waals surface area contributed by atoms with Crippen LogP contribution in [-0.4, -0.2) is 23.1 Å². The Balaban J connectivity index is 2.31. The minimum absolute atomic E-state index is 0.0473. The lowest BCUT2D eigenvalue weighted by molar-refractivity contribution is -0.121. The zero-order chi connectivity index (χ0) is 14.1. The van der Waals surface area contributed by atoms with E-state index in [1.165, 1.54) is 6.42 Å². The third kappa shape index (κ3) is 6.41. The molecule has 0 saturated heterocycles. The van der Waals surface area contributed by atoms with E-state index in [2.05, 4.69) is 12.2 Å². The highest BCUT2D eigenvalue weighted by Gasteiger charge is 2.10. The Morgan fingerprint density at radius 2 is 2.05 bits per heavy atom. The van der Waals surface area contributed by atoms with E-state index in [9.17, 15) is 4.79 Å². The van der Waals surface area contributed by atoms with E-state index in [4.69, 9.17) is 10.0 Å². The van der Waals surface area contributed by atoms with Crippen molar-refractivity contribution < 1.29 is 14.8 Å². The fourth-order valence-electron chi connectivity index (χ4n) is 1.87. The Morgan fingerprint density at radius 1 is 1.26 bits per heavy atom. The van der Waals surface area contributed by atoms with Gasteiger partial charge in [0.1, 0.15) is 0 Å². The number of nitrogens with one attached hydrogen (secondary N) is 1. The van der Waals surface area contributed by atoms with Crippen LogP contribution in [0.3, 0.4) is 0 Å². The van der Waals surface area contributed by atoms with E-state index in [0.29, 0.717) is 18.4 Å². The van der Waals surface area contributed by atoms with Crippen LogP contribution in [0.25, 0.3) is 0 Å². The number of benzene rings is 1. The summed E-state index contributed by atoms with van der Waals surface area (Å²) in [6.07, 6.45) is 4.91. The minimum atomic E-state index is -1.47. The smallest absolute Gasteiger partial charge is 0.423 e. The van der Waals surface area contributed by atoms with Gasteiger partial charge in [0, 0.05) is 13.0 Å². The summed E-state index contributed by atoms with van der Waals surface area (Å²) in [5.74, 6) is 0.0473. The molecule has 0 aliphatic heterocycles. The maximum absolute atomic E-state index is 11.6. The van der Waals surface area contributed by atoms with Crippen molar-refractivity contribution in [3.8, 4) is 0 Å². The number of rotatable bonds is 8. The Labute approximate surface area is 115 Å². The number of hydrogen-bond donors (Lipinski definition) is 3. The predicted octanol–water partition coefficient (Wildman–Crippen LogP) is 0.953. The zero-order valence-electron chi connectivity index (χ0n) is 11.4. The first kappa shape index (κ1) is 15.7. The third-order valence-electron chi connectivity index (χ3n) is 3.00. The van der Waals surface area contributed by atoms with Crippen LogP contribution in [-0.2, 0) is 11.3 Å². The number of amides is 1. The van der Waals surface area contributed by atoms with Crippen LogP contribution in [0.1, 0.15) is 44.6 Å². The second-order valence-corrected chi connectivity index (χ2v) is 4.71. The average molecular weight is 263 g/mol. The van der Waals surface area contributed by atoms with Crippen LogP contribution >= 0.6 is 0 Å². The lowest BCUT2D eigenvalue weighted by Crippen LogP contribution is -2.30. The molecule has 19 heavy (non-hydrogen) atoms. The van der Waals surface area contributed by atoms with Crippen molar-refractivity contribution >= 4 is 18.5 Å². The first-order chi connectivity index (χ1) is 9.13. The molecule has 0 spiro atoms. The molecule has 5 heteroatoms. The highest BCUT2D eigenvalue weighted by molar-refractivity contribution is 6.58. The maximum Gasteiger partial charge on any atom is 0.488 e. The van der Waals surface area contributed by atoms with E-state index in [0.717, 1.165) is 24.8 Å². The van der Waals surface area contributed by atoms with Crippen LogP contribution in [0.5, 0.6) is 0 Å². The number of carbonyl (C=O) groups is 1. The minimum Gasteiger partial charge on any atom is -0.423 e. The summed E-state index contributed by atoms with van der Waals surface area (Å²) in [5.41, 5.74) is 1.31. The van der Waals surface area contributed by atoms with Gasteiger partial charge in [0.2, 0.25) is 5.91 Å². The quantitative estimate of drug-likeness (QED) is 0.483. The molecule has 104 valence electrons. The van der Waals surface area contributed by atoms with Gasteiger partial charge in [-0.25, -0.2) is 0 Å². The van der Waals surface area contributed by atoms with Gasteiger partial charge in [-0.05, 0) is 17.4 Å². The van der Waals surface area contributed by atoms with Crippen LogP contribution in [0.2, 0.25) is 0 Å². The van der Waals surface area contributed by atoms with Gasteiger partial charge < -0.3 is 15.4 Å². The molecule has 1 aromatic carbocycles. The summed E-state index contributed by atoms with van der Waals surface area (Å²) in [6, 6.07) is 6.92. The van der Waals surface area contributed by atoms with Crippen LogP contribution in [0.15, 0.2) is 24.3 Å². The molecule has 1 rings (SSSR count). The van der Waals surface area contributed by atoms with Crippen molar-refractivity contribution in [2.24, 2.45) is 0 Å². The van der Waals surface area contributed by atoms with Gasteiger partial charge in [0.25, 0.3) is 0 Å². The molecule has 0 atom stereocenters. The molecule has 4 nitrogen and oxygen atoms in total. The van der Waals surface area contributed by atoms with Crippen molar-refractivity contribution in [3.63, 3.8) is 0 Å². The first-order valence-corrected chi connectivity index (χ1v) is 6.85. The zero-order valence-corrected chi connectivity index (χ0v) is 11.4. The lowest BCUT2D eigenvalue weighted by atomic mass is 9.79. The molecule has 0 radical (unpaired) electrons. The molecule has 0 aromatic heterocycles. The van der Waals surface area contributed by atoms with Crippen LogP contribution < -0.4 is 10.8 Å². The molecule has 0 fully saturated rings. The van der Waals surface area contributed by atoms with Crippen molar-refractivity contribution in [1.29, 1.82) is 0 Å². The van der Waals surface area contributed by atoms with Crippen molar-refractivity contribution in [1.82, 2.24) is 5.32 Å². The normalized spacial score (nSPS) is 10.3. The van der Waals surface area contributed by atoms with E-state index in [1.807, 2.05) is 6.07 Å². The predicted molar refractivity (Wildman–Crippen MR) is 76.9 cm³/mol. The molecule has 0 aliphatic carbocycles. The highest BCUT2D eigenvalue weighted by atomic mass is 16.4. The molecular formula is C14H22BNO3. The molecule has 0 bridgehead atoms. The Bertz CT molecular complexity index is 396. The molecule has 1 aromatic rings. The van der Waals surface area contributed by atoms with Gasteiger partial charge in [-0.1, -0.05) is 50.5 Å². The van der Waals surface area contributed by atoms with E-state index < -0.39 is 7.12 Å². The lowest BCUT2D eigenvalue weighted by Gasteiger charge is -2.07. The van der Waals surface area contributed by atoms with Crippen LogP contribution in [0, 0.1) is 0 Å². The first-order valence-electron chi connectivity index (χ1n) is 6.85. The van der Waals surface area contributed by atoms with Crippen molar-refractivity contribution in [2.45, 2.75) is 45.6 Å². The fourth-order valence-corrected chi connectivity index (χ4v) is 1.87. The molecule has 3 N–H and O–H groups in total. The second kappa shape index (κ2) is 8.72. The average Bonchev–Trinajstić information content (AvgIpc) is 2.41. The van der Waals surface area contributed by atoms with Crippen molar-refractivity contribution in [2.75, 3.05) is 0 Å². The van der Waals surface area contributed by atoms with Gasteiger partial charge in [0.15, 0.2) is 0 Å². The van der Waals surface area contributed by atoms with E-state index in [1.54, 1.807) is 18.2 Å². The van der Waals surface area contributed by atoms with Gasteiger partial charge in [-0.15, -0.1) is 0 Å². The highest BCUT2D eigenvalue weighted by Crippen LogP contribution is 2.03. The Morgan fingerprint density at radius 3 is 2.74 bits per heavy atom.